The zero-order chi connectivity index (χ0) is 20.5. The van der Waals surface area contributed by atoms with Crippen molar-refractivity contribution in [1.82, 2.24) is 10.6 Å². The molecule has 1 heterocycles. The van der Waals surface area contributed by atoms with Crippen LogP contribution in [0.25, 0.3) is 0 Å². The predicted molar refractivity (Wildman–Crippen MR) is 111 cm³/mol. The number of rotatable bonds is 8. The maximum atomic E-state index is 12.0. The Bertz CT molecular complexity index is 800. The first-order valence-corrected chi connectivity index (χ1v) is 9.77. The third-order valence-electron chi connectivity index (χ3n) is 4.58. The van der Waals surface area contributed by atoms with Gasteiger partial charge in [0.15, 0.2) is 6.61 Å². The van der Waals surface area contributed by atoms with E-state index in [1.54, 1.807) is 0 Å². The molecule has 1 saturated heterocycles. The normalized spacial score (nSPS) is 16.1. The Morgan fingerprint density at radius 1 is 1.14 bits per heavy atom. The molecule has 0 aromatic heterocycles. The summed E-state index contributed by atoms with van der Waals surface area (Å²) in [7, 11) is 0. The molecule has 29 heavy (non-hydrogen) atoms. The summed E-state index contributed by atoms with van der Waals surface area (Å²) < 4.78 is 10.8. The van der Waals surface area contributed by atoms with Crippen molar-refractivity contribution >= 4 is 17.5 Å². The van der Waals surface area contributed by atoms with Gasteiger partial charge in [0.25, 0.3) is 5.91 Å². The third kappa shape index (κ3) is 6.89. The first kappa shape index (κ1) is 20.8. The van der Waals surface area contributed by atoms with E-state index in [1.807, 2.05) is 55.5 Å². The molecule has 7 nitrogen and oxygen atoms in total. The highest BCUT2D eigenvalue weighted by molar-refractivity contribution is 5.91. The minimum absolute atomic E-state index is 0.0377. The quantitative estimate of drug-likeness (QED) is 0.631. The molecule has 1 atom stereocenters. The Hall–Kier alpha value is -2.90. The van der Waals surface area contributed by atoms with Crippen LogP contribution in [0.5, 0.6) is 5.75 Å². The molecule has 1 unspecified atom stereocenters. The molecule has 2 aromatic rings. The van der Waals surface area contributed by atoms with Gasteiger partial charge < -0.3 is 25.4 Å². The molecule has 0 radical (unpaired) electrons. The summed E-state index contributed by atoms with van der Waals surface area (Å²) in [6.45, 7) is 4.24. The van der Waals surface area contributed by atoms with Crippen molar-refractivity contribution in [2.24, 2.45) is 0 Å². The first-order valence-electron chi connectivity index (χ1n) is 9.77. The van der Waals surface area contributed by atoms with Gasteiger partial charge in [-0.25, -0.2) is 0 Å². The van der Waals surface area contributed by atoms with Gasteiger partial charge in [0, 0.05) is 18.8 Å². The zero-order valence-corrected chi connectivity index (χ0v) is 16.6. The van der Waals surface area contributed by atoms with Crippen molar-refractivity contribution in [3.63, 3.8) is 0 Å². The van der Waals surface area contributed by atoms with E-state index in [2.05, 4.69) is 16.0 Å². The van der Waals surface area contributed by atoms with E-state index >= 15 is 0 Å². The number of morpholine rings is 1. The van der Waals surface area contributed by atoms with Crippen molar-refractivity contribution < 1.29 is 19.1 Å². The molecule has 2 aromatic carbocycles. The van der Waals surface area contributed by atoms with E-state index in [4.69, 9.17) is 9.47 Å². The second-order valence-electron chi connectivity index (χ2n) is 6.97. The summed E-state index contributed by atoms with van der Waals surface area (Å²) in [6.07, 6.45) is 0.716. The highest BCUT2D eigenvalue weighted by Gasteiger charge is 2.20. The molecule has 1 aliphatic heterocycles. The SMILES string of the molecule is Cc1ccc(NC(=O)COc2ccc(CCNC(=O)C3COCCN3)cc2)cc1. The number of nitrogens with one attached hydrogen (secondary N) is 3. The van der Waals surface area contributed by atoms with Gasteiger partial charge in [0.1, 0.15) is 11.8 Å². The molecule has 2 amide bonds. The topological polar surface area (TPSA) is 88.7 Å². The Morgan fingerprint density at radius 2 is 1.90 bits per heavy atom. The van der Waals surface area contributed by atoms with Crippen molar-refractivity contribution in [2.45, 2.75) is 19.4 Å². The average molecular weight is 397 g/mol. The molecular weight excluding hydrogens is 370 g/mol. The van der Waals surface area contributed by atoms with Crippen LogP contribution in [0.1, 0.15) is 11.1 Å². The van der Waals surface area contributed by atoms with Crippen LogP contribution in [0.15, 0.2) is 48.5 Å². The van der Waals surface area contributed by atoms with Crippen LogP contribution < -0.4 is 20.7 Å². The van der Waals surface area contributed by atoms with Crippen LogP contribution in [0.4, 0.5) is 5.69 Å². The lowest BCUT2D eigenvalue weighted by atomic mass is 10.1. The summed E-state index contributed by atoms with van der Waals surface area (Å²) in [4.78, 5) is 24.0. The monoisotopic (exact) mass is 397 g/mol. The number of aryl methyl sites for hydroxylation is 1. The van der Waals surface area contributed by atoms with E-state index in [0.29, 0.717) is 38.5 Å². The number of ether oxygens (including phenoxy) is 2. The van der Waals surface area contributed by atoms with Crippen LogP contribution in [-0.2, 0) is 20.7 Å². The fraction of sp³-hybridized carbons (Fsp3) is 0.364. The lowest BCUT2D eigenvalue weighted by Gasteiger charge is -2.22. The summed E-state index contributed by atoms with van der Waals surface area (Å²) in [5.41, 5.74) is 2.96. The van der Waals surface area contributed by atoms with Gasteiger partial charge in [0.05, 0.1) is 13.2 Å². The van der Waals surface area contributed by atoms with Crippen LogP contribution in [0, 0.1) is 6.92 Å². The van der Waals surface area contributed by atoms with Crippen LogP contribution in [0.2, 0.25) is 0 Å². The molecular formula is C22H27N3O4. The minimum Gasteiger partial charge on any atom is -0.484 e. The highest BCUT2D eigenvalue weighted by atomic mass is 16.5. The fourth-order valence-corrected chi connectivity index (χ4v) is 2.92. The van der Waals surface area contributed by atoms with Crippen LogP contribution in [0.3, 0.4) is 0 Å². The fourth-order valence-electron chi connectivity index (χ4n) is 2.92. The summed E-state index contributed by atoms with van der Waals surface area (Å²) in [6, 6.07) is 14.8. The van der Waals surface area contributed by atoms with E-state index in [9.17, 15) is 9.59 Å². The molecule has 1 aliphatic rings. The van der Waals surface area contributed by atoms with Gasteiger partial charge in [-0.05, 0) is 43.2 Å². The molecule has 0 saturated carbocycles. The van der Waals surface area contributed by atoms with Gasteiger partial charge >= 0.3 is 0 Å². The van der Waals surface area contributed by atoms with E-state index in [1.165, 1.54) is 0 Å². The van der Waals surface area contributed by atoms with Crippen LogP contribution >= 0.6 is 0 Å². The van der Waals surface area contributed by atoms with Crippen LogP contribution in [-0.4, -0.2) is 50.8 Å². The maximum absolute atomic E-state index is 12.0. The molecule has 0 aliphatic carbocycles. The standard InChI is InChI=1S/C22H27N3O4/c1-16-2-6-18(7-3-16)25-21(26)15-29-19-8-4-17(5-9-19)10-11-24-22(27)20-14-28-13-12-23-20/h2-9,20,23H,10-15H2,1H3,(H,24,27)(H,25,26). The second kappa shape index (κ2) is 10.6. The van der Waals surface area contributed by atoms with Gasteiger partial charge in [-0.2, -0.15) is 0 Å². The molecule has 0 spiro atoms. The Labute approximate surface area is 170 Å². The first-order chi connectivity index (χ1) is 14.1. The number of amides is 2. The van der Waals surface area contributed by atoms with Gasteiger partial charge in [0.2, 0.25) is 5.91 Å². The number of hydrogen-bond donors (Lipinski definition) is 3. The molecule has 1 fully saturated rings. The number of hydrogen-bond acceptors (Lipinski definition) is 5. The number of carbonyl (C=O) groups is 2. The average Bonchev–Trinajstić information content (AvgIpc) is 2.75. The largest absolute Gasteiger partial charge is 0.484 e. The summed E-state index contributed by atoms with van der Waals surface area (Å²) in [5, 5.41) is 8.84. The molecule has 154 valence electrons. The Kier molecular flexibility index (Phi) is 7.61. The number of carbonyl (C=O) groups excluding carboxylic acids is 2. The van der Waals surface area contributed by atoms with E-state index in [-0.39, 0.29) is 24.5 Å². The van der Waals surface area contributed by atoms with Crippen molar-refractivity contribution in [1.29, 1.82) is 0 Å². The predicted octanol–water partition coefficient (Wildman–Crippen LogP) is 1.66. The lowest BCUT2D eigenvalue weighted by molar-refractivity contribution is -0.125. The van der Waals surface area contributed by atoms with E-state index in [0.717, 1.165) is 16.8 Å². The lowest BCUT2D eigenvalue weighted by Crippen LogP contribution is -2.51. The molecule has 7 heteroatoms. The summed E-state index contributed by atoms with van der Waals surface area (Å²) in [5.74, 6) is 0.380. The van der Waals surface area contributed by atoms with E-state index < -0.39 is 0 Å². The van der Waals surface area contributed by atoms with Gasteiger partial charge in [-0.3, -0.25) is 9.59 Å². The van der Waals surface area contributed by atoms with Crippen molar-refractivity contribution in [3.05, 3.63) is 59.7 Å². The third-order valence-corrected chi connectivity index (χ3v) is 4.58. The highest BCUT2D eigenvalue weighted by Crippen LogP contribution is 2.13. The summed E-state index contributed by atoms with van der Waals surface area (Å²) >= 11 is 0. The minimum atomic E-state index is -0.273. The second-order valence-corrected chi connectivity index (χ2v) is 6.97. The van der Waals surface area contributed by atoms with Crippen molar-refractivity contribution in [3.8, 4) is 5.75 Å². The van der Waals surface area contributed by atoms with Gasteiger partial charge in [-0.15, -0.1) is 0 Å². The Morgan fingerprint density at radius 3 is 2.59 bits per heavy atom. The molecule has 3 rings (SSSR count). The smallest absolute Gasteiger partial charge is 0.262 e. The Balaban J connectivity index is 1.36. The molecule has 0 bridgehead atoms. The van der Waals surface area contributed by atoms with Gasteiger partial charge in [-0.1, -0.05) is 29.8 Å². The van der Waals surface area contributed by atoms with Crippen molar-refractivity contribution in [2.75, 3.05) is 38.2 Å². The zero-order valence-electron chi connectivity index (χ0n) is 16.6. The molecule has 3 N–H and O–H groups in total. The number of anilines is 1. The maximum Gasteiger partial charge on any atom is 0.262 e. The number of benzene rings is 2.